The van der Waals surface area contributed by atoms with Crippen molar-refractivity contribution in [2.45, 2.75) is 6.42 Å². The lowest BCUT2D eigenvalue weighted by Gasteiger charge is -2.13. The summed E-state index contributed by atoms with van der Waals surface area (Å²) >= 11 is 0. The van der Waals surface area contributed by atoms with E-state index in [1.54, 1.807) is 45.5 Å². The molecule has 0 fully saturated rings. The van der Waals surface area contributed by atoms with Crippen LogP contribution >= 0.6 is 24.0 Å². The summed E-state index contributed by atoms with van der Waals surface area (Å²) in [6, 6.07) is 14.6. The SMILES string of the molecule is CN=C(NCCNC(=O)c1ccc(OC)cc1)Nc1cccc(OCCCOC)c1.I. The van der Waals surface area contributed by atoms with Crippen molar-refractivity contribution in [1.82, 2.24) is 10.6 Å². The molecule has 2 aromatic rings. The van der Waals surface area contributed by atoms with Crippen LogP contribution in [0.1, 0.15) is 16.8 Å². The summed E-state index contributed by atoms with van der Waals surface area (Å²) < 4.78 is 15.8. The highest BCUT2D eigenvalue weighted by Gasteiger charge is 2.05. The zero-order chi connectivity index (χ0) is 21.6. The Morgan fingerprint density at radius 1 is 0.968 bits per heavy atom. The first kappa shape index (κ1) is 26.5. The van der Waals surface area contributed by atoms with Gasteiger partial charge in [0.05, 0.1) is 13.7 Å². The van der Waals surface area contributed by atoms with E-state index in [4.69, 9.17) is 14.2 Å². The minimum atomic E-state index is -0.138. The highest BCUT2D eigenvalue weighted by atomic mass is 127. The first-order chi connectivity index (χ1) is 14.7. The molecule has 0 aliphatic carbocycles. The van der Waals surface area contributed by atoms with Gasteiger partial charge in [0, 0.05) is 57.6 Å². The predicted octanol–water partition coefficient (Wildman–Crippen LogP) is 3.15. The first-order valence-electron chi connectivity index (χ1n) is 9.78. The number of hydrogen-bond acceptors (Lipinski definition) is 5. The number of carbonyl (C=O) groups is 1. The topological polar surface area (TPSA) is 93.2 Å². The van der Waals surface area contributed by atoms with Gasteiger partial charge in [0.15, 0.2) is 5.96 Å². The molecule has 0 unspecified atom stereocenters. The quantitative estimate of drug-likeness (QED) is 0.175. The lowest BCUT2D eigenvalue weighted by Crippen LogP contribution is -2.37. The summed E-state index contributed by atoms with van der Waals surface area (Å²) in [5.74, 6) is 1.96. The standard InChI is InChI=1S/C22H30N4O4.HI/c1-23-22(26-18-6-4-7-20(16-18)30-15-5-14-28-2)25-13-12-24-21(27)17-8-10-19(29-3)11-9-17;/h4,6-11,16H,5,12-15H2,1-3H3,(H,24,27)(H2,23,25,26);1H. The van der Waals surface area contributed by atoms with Gasteiger partial charge in [-0.25, -0.2) is 0 Å². The van der Waals surface area contributed by atoms with Crippen LogP contribution in [-0.4, -0.2) is 59.4 Å². The van der Waals surface area contributed by atoms with Crippen molar-refractivity contribution >= 4 is 41.5 Å². The summed E-state index contributed by atoms with van der Waals surface area (Å²) in [7, 11) is 4.96. The Balaban J connectivity index is 0.00000480. The second kappa shape index (κ2) is 15.3. The Morgan fingerprint density at radius 3 is 2.39 bits per heavy atom. The van der Waals surface area contributed by atoms with Gasteiger partial charge in [-0.15, -0.1) is 24.0 Å². The number of ether oxygens (including phenoxy) is 3. The van der Waals surface area contributed by atoms with Crippen LogP contribution in [0.5, 0.6) is 11.5 Å². The van der Waals surface area contributed by atoms with Crippen LogP contribution in [0, 0.1) is 0 Å². The number of nitrogens with zero attached hydrogens (tertiary/aromatic N) is 1. The highest BCUT2D eigenvalue weighted by molar-refractivity contribution is 14.0. The van der Waals surface area contributed by atoms with E-state index in [-0.39, 0.29) is 29.9 Å². The van der Waals surface area contributed by atoms with Crippen molar-refractivity contribution in [3.05, 3.63) is 54.1 Å². The Morgan fingerprint density at radius 2 is 1.71 bits per heavy atom. The molecular weight excluding hydrogens is 511 g/mol. The summed E-state index contributed by atoms with van der Waals surface area (Å²) in [5, 5.41) is 9.25. The summed E-state index contributed by atoms with van der Waals surface area (Å²) in [4.78, 5) is 16.4. The lowest BCUT2D eigenvalue weighted by atomic mass is 10.2. The van der Waals surface area contributed by atoms with Crippen LogP contribution in [0.15, 0.2) is 53.5 Å². The molecule has 0 aromatic heterocycles. The molecule has 3 N–H and O–H groups in total. The largest absolute Gasteiger partial charge is 0.497 e. The molecule has 0 bridgehead atoms. The van der Waals surface area contributed by atoms with Crippen LogP contribution in [-0.2, 0) is 4.74 Å². The third-order valence-corrected chi connectivity index (χ3v) is 4.14. The molecule has 0 saturated carbocycles. The number of anilines is 1. The van der Waals surface area contributed by atoms with Crippen LogP contribution in [0.3, 0.4) is 0 Å². The smallest absolute Gasteiger partial charge is 0.251 e. The van der Waals surface area contributed by atoms with Gasteiger partial charge in [-0.05, 0) is 36.4 Å². The number of halogens is 1. The number of nitrogens with one attached hydrogen (secondary N) is 3. The minimum Gasteiger partial charge on any atom is -0.497 e. The molecule has 9 heteroatoms. The van der Waals surface area contributed by atoms with Crippen molar-refractivity contribution in [2.24, 2.45) is 4.99 Å². The maximum Gasteiger partial charge on any atom is 0.251 e. The predicted molar refractivity (Wildman–Crippen MR) is 134 cm³/mol. The second-order valence-electron chi connectivity index (χ2n) is 6.33. The lowest BCUT2D eigenvalue weighted by molar-refractivity contribution is 0.0954. The number of methoxy groups -OCH3 is 2. The van der Waals surface area contributed by atoms with E-state index >= 15 is 0 Å². The van der Waals surface area contributed by atoms with Crippen molar-refractivity contribution in [2.75, 3.05) is 52.9 Å². The van der Waals surface area contributed by atoms with E-state index in [1.807, 2.05) is 24.3 Å². The van der Waals surface area contributed by atoms with Crippen LogP contribution in [0.4, 0.5) is 5.69 Å². The van der Waals surface area contributed by atoms with Crippen LogP contribution in [0.2, 0.25) is 0 Å². The summed E-state index contributed by atoms with van der Waals surface area (Å²) in [5.41, 5.74) is 1.44. The summed E-state index contributed by atoms with van der Waals surface area (Å²) in [6.07, 6.45) is 0.833. The Hall–Kier alpha value is -2.53. The van der Waals surface area contributed by atoms with Gasteiger partial charge in [-0.1, -0.05) is 6.07 Å². The Bertz CT molecular complexity index is 815. The van der Waals surface area contributed by atoms with Crippen molar-refractivity contribution < 1.29 is 19.0 Å². The molecule has 0 aliphatic rings. The number of guanidine groups is 1. The van der Waals surface area contributed by atoms with Gasteiger partial charge in [0.1, 0.15) is 11.5 Å². The average Bonchev–Trinajstić information content (AvgIpc) is 2.79. The van der Waals surface area contributed by atoms with Crippen LogP contribution < -0.4 is 25.4 Å². The molecule has 8 nitrogen and oxygen atoms in total. The average molecular weight is 542 g/mol. The molecule has 0 radical (unpaired) electrons. The van der Waals surface area contributed by atoms with E-state index in [9.17, 15) is 4.79 Å². The highest BCUT2D eigenvalue weighted by Crippen LogP contribution is 2.17. The van der Waals surface area contributed by atoms with Gasteiger partial charge < -0.3 is 30.2 Å². The molecule has 2 rings (SSSR count). The van der Waals surface area contributed by atoms with Gasteiger partial charge in [-0.2, -0.15) is 0 Å². The first-order valence-corrected chi connectivity index (χ1v) is 9.78. The van der Waals surface area contributed by atoms with E-state index < -0.39 is 0 Å². The van der Waals surface area contributed by atoms with E-state index in [0.29, 0.717) is 43.6 Å². The molecule has 170 valence electrons. The fourth-order valence-corrected chi connectivity index (χ4v) is 2.57. The summed E-state index contributed by atoms with van der Waals surface area (Å²) in [6.45, 7) is 2.24. The fourth-order valence-electron chi connectivity index (χ4n) is 2.57. The Labute approximate surface area is 200 Å². The molecule has 0 saturated heterocycles. The zero-order valence-corrected chi connectivity index (χ0v) is 20.5. The van der Waals surface area contributed by atoms with Gasteiger partial charge in [-0.3, -0.25) is 9.79 Å². The van der Waals surface area contributed by atoms with E-state index in [0.717, 1.165) is 17.9 Å². The molecular formula is C22H31IN4O4. The van der Waals surface area contributed by atoms with Crippen molar-refractivity contribution in [3.63, 3.8) is 0 Å². The van der Waals surface area contributed by atoms with E-state index in [2.05, 4.69) is 20.9 Å². The number of rotatable bonds is 11. The van der Waals surface area contributed by atoms with Crippen LogP contribution in [0.25, 0.3) is 0 Å². The van der Waals surface area contributed by atoms with Gasteiger partial charge in [0.2, 0.25) is 0 Å². The zero-order valence-electron chi connectivity index (χ0n) is 18.1. The Kier molecular flexibility index (Phi) is 13.1. The number of hydrogen-bond donors (Lipinski definition) is 3. The number of aliphatic imine (C=N–C) groups is 1. The normalized spacial score (nSPS) is 10.6. The third-order valence-electron chi connectivity index (χ3n) is 4.14. The fraction of sp³-hybridized carbons (Fsp3) is 0.364. The van der Waals surface area contributed by atoms with Gasteiger partial charge in [0.25, 0.3) is 5.91 Å². The molecule has 2 aromatic carbocycles. The number of carbonyl (C=O) groups excluding carboxylic acids is 1. The maximum absolute atomic E-state index is 12.2. The number of benzene rings is 2. The monoisotopic (exact) mass is 542 g/mol. The third kappa shape index (κ3) is 9.88. The van der Waals surface area contributed by atoms with Crippen molar-refractivity contribution in [3.8, 4) is 11.5 Å². The molecule has 0 aliphatic heterocycles. The second-order valence-corrected chi connectivity index (χ2v) is 6.33. The molecule has 0 atom stereocenters. The number of amides is 1. The van der Waals surface area contributed by atoms with Crippen molar-refractivity contribution in [1.29, 1.82) is 0 Å². The minimum absolute atomic E-state index is 0. The van der Waals surface area contributed by atoms with Gasteiger partial charge >= 0.3 is 0 Å². The van der Waals surface area contributed by atoms with E-state index in [1.165, 1.54) is 0 Å². The molecule has 0 heterocycles. The maximum atomic E-state index is 12.2. The molecule has 31 heavy (non-hydrogen) atoms. The molecule has 0 spiro atoms. The molecule has 1 amide bonds.